The molecule has 20 heavy (non-hydrogen) atoms. The molecule has 4 nitrogen and oxygen atoms in total. The Bertz CT molecular complexity index is 617. The van der Waals surface area contributed by atoms with Crippen molar-refractivity contribution in [3.63, 3.8) is 0 Å². The Labute approximate surface area is 123 Å². The van der Waals surface area contributed by atoms with E-state index in [9.17, 15) is 14.5 Å². The maximum atomic E-state index is 13.2. The van der Waals surface area contributed by atoms with E-state index >= 15 is 0 Å². The number of benzene rings is 2. The van der Waals surface area contributed by atoms with Crippen molar-refractivity contribution >= 4 is 21.6 Å². The van der Waals surface area contributed by atoms with Gasteiger partial charge in [-0.25, -0.2) is 4.39 Å². The zero-order chi connectivity index (χ0) is 14.5. The predicted molar refractivity (Wildman–Crippen MR) is 77.7 cm³/mol. The van der Waals surface area contributed by atoms with Crippen LogP contribution in [0, 0.1) is 15.9 Å². The lowest BCUT2D eigenvalue weighted by Crippen LogP contribution is -2.13. The van der Waals surface area contributed by atoms with Crippen LogP contribution < -0.4 is 5.32 Å². The molecule has 0 spiro atoms. The van der Waals surface area contributed by atoms with Crippen molar-refractivity contribution in [2.75, 3.05) is 0 Å². The molecular formula is C14H12BrFN2O2. The molecule has 0 fully saturated rings. The number of halogens is 2. The van der Waals surface area contributed by atoms with Crippen LogP contribution in [-0.4, -0.2) is 4.92 Å². The van der Waals surface area contributed by atoms with Crippen molar-refractivity contribution in [2.45, 2.75) is 13.1 Å². The summed E-state index contributed by atoms with van der Waals surface area (Å²) in [6.45, 7) is 0.978. The monoisotopic (exact) mass is 338 g/mol. The number of hydrogen-bond donors (Lipinski definition) is 1. The van der Waals surface area contributed by atoms with E-state index in [2.05, 4.69) is 21.2 Å². The van der Waals surface area contributed by atoms with Crippen LogP contribution in [0.4, 0.5) is 10.1 Å². The Morgan fingerprint density at radius 3 is 2.40 bits per heavy atom. The van der Waals surface area contributed by atoms with E-state index in [0.717, 1.165) is 16.1 Å². The van der Waals surface area contributed by atoms with Crippen molar-refractivity contribution < 1.29 is 9.31 Å². The molecule has 0 aliphatic rings. The van der Waals surface area contributed by atoms with Crippen molar-refractivity contribution in [2.24, 2.45) is 0 Å². The molecule has 0 amide bonds. The summed E-state index contributed by atoms with van der Waals surface area (Å²) in [4.78, 5) is 10.1. The number of nitro benzene ring substituents is 1. The second kappa shape index (κ2) is 6.58. The first-order chi connectivity index (χ1) is 9.54. The predicted octanol–water partition coefficient (Wildman–Crippen LogP) is 3.79. The fraction of sp³-hybridized carbons (Fsp3) is 0.143. The van der Waals surface area contributed by atoms with Crippen molar-refractivity contribution in [1.82, 2.24) is 5.32 Å². The Kier molecular flexibility index (Phi) is 4.81. The zero-order valence-electron chi connectivity index (χ0n) is 10.5. The molecule has 104 valence electrons. The van der Waals surface area contributed by atoms with Gasteiger partial charge in [-0.2, -0.15) is 0 Å². The molecule has 1 N–H and O–H groups in total. The highest BCUT2D eigenvalue weighted by Crippen LogP contribution is 2.16. The highest BCUT2D eigenvalue weighted by atomic mass is 79.9. The summed E-state index contributed by atoms with van der Waals surface area (Å²) >= 11 is 3.35. The lowest BCUT2D eigenvalue weighted by molar-refractivity contribution is -0.385. The van der Waals surface area contributed by atoms with E-state index in [-0.39, 0.29) is 5.69 Å². The van der Waals surface area contributed by atoms with Crippen LogP contribution in [0.15, 0.2) is 46.9 Å². The molecule has 0 aliphatic carbocycles. The number of rotatable bonds is 5. The molecule has 0 saturated carbocycles. The van der Waals surface area contributed by atoms with Crippen LogP contribution in [0.1, 0.15) is 11.1 Å². The third kappa shape index (κ3) is 4.11. The summed E-state index contributed by atoms with van der Waals surface area (Å²) < 4.78 is 14.2. The van der Waals surface area contributed by atoms with E-state index in [1.54, 1.807) is 0 Å². The van der Waals surface area contributed by atoms with Gasteiger partial charge in [-0.05, 0) is 29.3 Å². The first-order valence-corrected chi connectivity index (χ1v) is 6.73. The molecule has 2 aromatic carbocycles. The molecule has 2 rings (SSSR count). The van der Waals surface area contributed by atoms with Gasteiger partial charge in [0, 0.05) is 23.6 Å². The first kappa shape index (κ1) is 14.6. The van der Waals surface area contributed by atoms with Crippen LogP contribution in [0.3, 0.4) is 0 Å². The summed E-state index contributed by atoms with van der Waals surface area (Å²) in [5.74, 6) is -0.598. The number of nitrogens with zero attached hydrogens (tertiary/aromatic N) is 1. The molecule has 0 aliphatic heterocycles. The van der Waals surface area contributed by atoms with Gasteiger partial charge in [0.25, 0.3) is 5.69 Å². The van der Waals surface area contributed by atoms with Crippen molar-refractivity contribution in [3.05, 3.63) is 74.0 Å². The van der Waals surface area contributed by atoms with Gasteiger partial charge in [-0.15, -0.1) is 0 Å². The minimum atomic E-state index is -0.598. The van der Waals surface area contributed by atoms with Gasteiger partial charge in [0.05, 0.1) is 11.0 Å². The van der Waals surface area contributed by atoms with E-state index in [1.807, 2.05) is 24.3 Å². The van der Waals surface area contributed by atoms with Gasteiger partial charge in [0.2, 0.25) is 0 Å². The van der Waals surface area contributed by atoms with E-state index in [4.69, 9.17) is 0 Å². The topological polar surface area (TPSA) is 55.2 Å². The largest absolute Gasteiger partial charge is 0.309 e. The number of hydrogen-bond acceptors (Lipinski definition) is 3. The van der Waals surface area contributed by atoms with Gasteiger partial charge < -0.3 is 5.32 Å². The van der Waals surface area contributed by atoms with Crippen LogP contribution in [0.2, 0.25) is 0 Å². The van der Waals surface area contributed by atoms with Gasteiger partial charge >= 0.3 is 0 Å². The highest BCUT2D eigenvalue weighted by Gasteiger charge is 2.09. The van der Waals surface area contributed by atoms with Crippen molar-refractivity contribution in [1.29, 1.82) is 0 Å². The quantitative estimate of drug-likeness (QED) is 0.666. The van der Waals surface area contributed by atoms with Gasteiger partial charge in [-0.1, -0.05) is 28.1 Å². The average Bonchev–Trinajstić information content (AvgIpc) is 2.40. The molecule has 0 aromatic heterocycles. The normalized spacial score (nSPS) is 10.5. The molecule has 0 atom stereocenters. The molecule has 0 bridgehead atoms. The summed E-state index contributed by atoms with van der Waals surface area (Å²) in [6.07, 6.45) is 0. The molecule has 0 unspecified atom stereocenters. The second-order valence-electron chi connectivity index (χ2n) is 4.30. The summed E-state index contributed by atoms with van der Waals surface area (Å²) in [7, 11) is 0. The first-order valence-electron chi connectivity index (χ1n) is 5.93. The second-order valence-corrected chi connectivity index (χ2v) is 5.22. The van der Waals surface area contributed by atoms with E-state index < -0.39 is 10.7 Å². The van der Waals surface area contributed by atoms with E-state index in [1.165, 1.54) is 12.1 Å². The van der Waals surface area contributed by atoms with Gasteiger partial charge in [-0.3, -0.25) is 10.1 Å². The smallest absolute Gasteiger partial charge is 0.272 e. The maximum Gasteiger partial charge on any atom is 0.272 e. The van der Waals surface area contributed by atoms with Gasteiger partial charge in [0.15, 0.2) is 0 Å². The molecular weight excluding hydrogens is 327 g/mol. The van der Waals surface area contributed by atoms with E-state index in [0.29, 0.717) is 18.7 Å². The number of nitrogens with one attached hydrogen (secondary N) is 1. The molecule has 0 saturated heterocycles. The number of non-ortho nitro benzene ring substituents is 1. The Morgan fingerprint density at radius 1 is 1.10 bits per heavy atom. The molecule has 6 heteroatoms. The zero-order valence-corrected chi connectivity index (χ0v) is 12.1. The van der Waals surface area contributed by atoms with Crippen LogP contribution in [0.5, 0.6) is 0 Å². The lowest BCUT2D eigenvalue weighted by atomic mass is 10.2. The van der Waals surface area contributed by atoms with Crippen LogP contribution in [-0.2, 0) is 13.1 Å². The summed E-state index contributed by atoms with van der Waals surface area (Å²) in [5.41, 5.74) is 1.40. The molecule has 0 radical (unpaired) electrons. The number of nitro groups is 1. The molecule has 2 aromatic rings. The fourth-order valence-corrected chi connectivity index (χ4v) is 2.06. The summed E-state index contributed by atoms with van der Waals surface area (Å²) in [6, 6.07) is 11.4. The van der Waals surface area contributed by atoms with Crippen LogP contribution in [0.25, 0.3) is 0 Å². The summed E-state index contributed by atoms with van der Waals surface area (Å²) in [5, 5.41) is 13.8. The minimum absolute atomic E-state index is 0.231. The molecule has 0 heterocycles. The Morgan fingerprint density at radius 2 is 1.75 bits per heavy atom. The fourth-order valence-electron chi connectivity index (χ4n) is 1.79. The maximum absolute atomic E-state index is 13.2. The standard InChI is InChI=1S/C14H12BrFN2O2/c15-12-3-1-10(2-4-12)8-17-9-11-5-13(16)7-14(6-11)18(19)20/h1-7,17H,8-9H2. The third-order valence-corrected chi connectivity index (χ3v) is 3.25. The van der Waals surface area contributed by atoms with Crippen molar-refractivity contribution in [3.8, 4) is 0 Å². The minimum Gasteiger partial charge on any atom is -0.309 e. The Balaban J connectivity index is 1.97. The lowest BCUT2D eigenvalue weighted by Gasteiger charge is -2.06. The third-order valence-electron chi connectivity index (χ3n) is 2.72. The average molecular weight is 339 g/mol. The van der Waals surface area contributed by atoms with Crippen LogP contribution >= 0.6 is 15.9 Å². The Hall–Kier alpha value is -1.79. The highest BCUT2D eigenvalue weighted by molar-refractivity contribution is 9.10. The van der Waals surface area contributed by atoms with Gasteiger partial charge in [0.1, 0.15) is 5.82 Å². The SMILES string of the molecule is O=[N+]([O-])c1cc(F)cc(CNCc2ccc(Br)cc2)c1.